The van der Waals surface area contributed by atoms with E-state index in [4.69, 9.17) is 9.47 Å². The van der Waals surface area contributed by atoms with Crippen LogP contribution >= 0.6 is 11.8 Å². The van der Waals surface area contributed by atoms with Crippen molar-refractivity contribution in [2.75, 3.05) is 5.75 Å². The highest BCUT2D eigenvalue weighted by molar-refractivity contribution is 7.99. The number of rotatable bonds is 10. The van der Waals surface area contributed by atoms with Crippen LogP contribution in [0.3, 0.4) is 0 Å². The van der Waals surface area contributed by atoms with Crippen molar-refractivity contribution in [3.05, 3.63) is 119 Å². The van der Waals surface area contributed by atoms with Crippen molar-refractivity contribution in [1.29, 1.82) is 0 Å². The summed E-state index contributed by atoms with van der Waals surface area (Å²) in [6.07, 6.45) is 1.05. The summed E-state index contributed by atoms with van der Waals surface area (Å²) in [7, 11) is 0. The zero-order valence-corrected chi connectivity index (χ0v) is 23.9. The molecule has 3 atom stereocenters. The Morgan fingerprint density at radius 1 is 0.929 bits per heavy atom. The highest BCUT2D eigenvalue weighted by Crippen LogP contribution is 2.40. The number of amides is 1. The van der Waals surface area contributed by atoms with Gasteiger partial charge in [-0.15, -0.1) is 11.8 Å². The van der Waals surface area contributed by atoms with Crippen LogP contribution in [0, 0.1) is 0 Å². The van der Waals surface area contributed by atoms with E-state index in [9.17, 15) is 19.8 Å². The number of benzene rings is 3. The lowest BCUT2D eigenvalue weighted by Gasteiger charge is -2.36. The van der Waals surface area contributed by atoms with Crippen LogP contribution in [0.5, 0.6) is 0 Å². The van der Waals surface area contributed by atoms with Crippen molar-refractivity contribution < 1.29 is 29.3 Å². The van der Waals surface area contributed by atoms with E-state index in [2.05, 4.69) is 16.4 Å². The monoisotopic (exact) mass is 584 g/mol. The molecule has 0 aliphatic carbocycles. The van der Waals surface area contributed by atoms with Gasteiger partial charge in [-0.3, -0.25) is 4.79 Å². The molecule has 1 saturated heterocycles. The molecule has 9 heteroatoms. The molecule has 1 amide bonds. The van der Waals surface area contributed by atoms with Crippen LogP contribution in [0.1, 0.15) is 58.4 Å². The molecule has 0 radical (unpaired) electrons. The molecular weight excluding hydrogens is 552 g/mol. The summed E-state index contributed by atoms with van der Waals surface area (Å²) in [6, 6.07) is 26.9. The smallest absolute Gasteiger partial charge is 0.338 e. The number of aliphatic hydroxyl groups excluding tert-OH is 1. The van der Waals surface area contributed by atoms with Crippen LogP contribution in [0.15, 0.2) is 96.2 Å². The minimum absolute atomic E-state index is 0.0325. The number of nitrogens with zero attached hydrogens (tertiary/aromatic N) is 1. The zero-order valence-electron chi connectivity index (χ0n) is 23.1. The number of pyridine rings is 1. The summed E-state index contributed by atoms with van der Waals surface area (Å²) in [5.41, 5.74) is 5.91. The average molecular weight is 585 g/mol. The second-order valence-corrected chi connectivity index (χ2v) is 11.1. The first-order valence-electron chi connectivity index (χ1n) is 13.6. The van der Waals surface area contributed by atoms with E-state index in [0.29, 0.717) is 23.7 Å². The molecular formula is C33H32N2O6S. The van der Waals surface area contributed by atoms with Crippen molar-refractivity contribution in [3.8, 4) is 11.1 Å². The summed E-state index contributed by atoms with van der Waals surface area (Å²) in [5.74, 6) is -0.584. The number of carbonyl (C=O) groups is 2. The molecule has 3 unspecified atom stereocenters. The first-order chi connectivity index (χ1) is 20.4. The quantitative estimate of drug-likeness (QED) is 0.197. The Hall–Kier alpha value is -4.02. The van der Waals surface area contributed by atoms with Crippen molar-refractivity contribution in [1.82, 2.24) is 10.3 Å². The number of aliphatic hydroxyl groups is 1. The lowest BCUT2D eigenvalue weighted by atomic mass is 9.99. The maximum atomic E-state index is 11.7. The fourth-order valence-electron chi connectivity index (χ4n) is 4.78. The third-order valence-electron chi connectivity index (χ3n) is 7.01. The number of carboxylic acids is 1. The highest BCUT2D eigenvalue weighted by atomic mass is 32.2. The van der Waals surface area contributed by atoms with E-state index in [0.717, 1.165) is 33.4 Å². The third kappa shape index (κ3) is 7.43. The Bertz CT molecular complexity index is 1530. The summed E-state index contributed by atoms with van der Waals surface area (Å²) in [6.45, 7) is 1.94. The van der Waals surface area contributed by atoms with Crippen LogP contribution in [0.2, 0.25) is 0 Å². The van der Waals surface area contributed by atoms with Crippen LogP contribution in [0.4, 0.5) is 0 Å². The van der Waals surface area contributed by atoms with Gasteiger partial charge in [-0.05, 0) is 46.0 Å². The first kappa shape index (κ1) is 29.5. The SMILES string of the molecule is CC(=O)NCc1cccc(-c2ccc(C3OC(CSc4ncccc4C(=O)O)CC(c4ccc(CO)cc4)O3)cc2)c1. The van der Waals surface area contributed by atoms with Crippen LogP contribution in [-0.2, 0) is 27.4 Å². The minimum atomic E-state index is -1.01. The van der Waals surface area contributed by atoms with Crippen molar-refractivity contribution in [2.24, 2.45) is 0 Å². The Kier molecular flexibility index (Phi) is 9.66. The van der Waals surface area contributed by atoms with E-state index >= 15 is 0 Å². The van der Waals surface area contributed by atoms with Crippen molar-refractivity contribution in [2.45, 2.75) is 50.0 Å². The van der Waals surface area contributed by atoms with Crippen LogP contribution in [0.25, 0.3) is 11.1 Å². The van der Waals surface area contributed by atoms with Gasteiger partial charge < -0.3 is 25.0 Å². The summed E-state index contributed by atoms with van der Waals surface area (Å²) in [5, 5.41) is 22.3. The summed E-state index contributed by atoms with van der Waals surface area (Å²) in [4.78, 5) is 27.2. The number of nitrogens with one attached hydrogen (secondary N) is 1. The second-order valence-electron chi connectivity index (χ2n) is 10.1. The molecule has 1 aromatic heterocycles. The van der Waals surface area contributed by atoms with E-state index in [1.165, 1.54) is 18.7 Å². The summed E-state index contributed by atoms with van der Waals surface area (Å²) < 4.78 is 12.9. The molecule has 1 aliphatic heterocycles. The molecule has 216 valence electrons. The Morgan fingerprint density at radius 2 is 1.69 bits per heavy atom. The topological polar surface area (TPSA) is 118 Å². The standard InChI is InChI=1S/C33H32N2O6S/c1-21(37)35-18-23-4-2-5-27(16-23)24-11-13-26(14-12-24)33-40-28(20-42-31-29(32(38)39)6-3-15-34-31)17-30(41-33)25-9-7-22(19-36)8-10-25/h2-16,28,30,33,36H,17-20H2,1H3,(H,35,37)(H,38,39). The van der Waals surface area contributed by atoms with E-state index in [1.807, 2.05) is 66.7 Å². The molecule has 42 heavy (non-hydrogen) atoms. The van der Waals surface area contributed by atoms with Gasteiger partial charge in [0.25, 0.3) is 0 Å². The Labute approximate surface area is 248 Å². The fraction of sp³-hybridized carbons (Fsp3) is 0.242. The lowest BCUT2D eigenvalue weighted by molar-refractivity contribution is -0.245. The van der Waals surface area contributed by atoms with E-state index < -0.39 is 12.3 Å². The van der Waals surface area contributed by atoms with Gasteiger partial charge in [0.05, 0.1) is 24.4 Å². The Morgan fingerprint density at radius 3 is 2.40 bits per heavy atom. The molecule has 1 fully saturated rings. The zero-order chi connectivity index (χ0) is 29.5. The molecule has 0 spiro atoms. The van der Waals surface area contributed by atoms with Gasteiger partial charge in [-0.1, -0.05) is 66.7 Å². The lowest BCUT2D eigenvalue weighted by Crippen LogP contribution is -2.31. The molecule has 5 rings (SSSR count). The first-order valence-corrected chi connectivity index (χ1v) is 14.6. The van der Waals surface area contributed by atoms with E-state index in [1.54, 1.807) is 18.3 Å². The van der Waals surface area contributed by atoms with Gasteiger partial charge in [0.2, 0.25) is 5.91 Å². The molecule has 0 bridgehead atoms. The number of aromatic carboxylic acids is 1. The molecule has 3 aromatic carbocycles. The predicted octanol–water partition coefficient (Wildman–Crippen LogP) is 5.91. The average Bonchev–Trinajstić information content (AvgIpc) is 3.03. The molecule has 2 heterocycles. The number of ether oxygens (including phenoxy) is 2. The fourth-order valence-corrected chi connectivity index (χ4v) is 5.79. The van der Waals surface area contributed by atoms with Crippen LogP contribution < -0.4 is 5.32 Å². The maximum Gasteiger partial charge on any atom is 0.338 e. The van der Waals surface area contributed by atoms with Crippen molar-refractivity contribution in [3.63, 3.8) is 0 Å². The highest BCUT2D eigenvalue weighted by Gasteiger charge is 2.32. The number of thioether (sulfide) groups is 1. The van der Waals surface area contributed by atoms with Crippen molar-refractivity contribution >= 4 is 23.6 Å². The van der Waals surface area contributed by atoms with Gasteiger partial charge in [-0.2, -0.15) is 0 Å². The maximum absolute atomic E-state index is 11.7. The van der Waals surface area contributed by atoms with Crippen LogP contribution in [-0.4, -0.2) is 38.9 Å². The molecule has 4 aromatic rings. The van der Waals surface area contributed by atoms with Gasteiger partial charge in [0.1, 0.15) is 5.03 Å². The van der Waals surface area contributed by atoms with Gasteiger partial charge in [-0.25, -0.2) is 9.78 Å². The number of carbonyl (C=O) groups excluding carboxylic acids is 1. The largest absolute Gasteiger partial charge is 0.478 e. The summed E-state index contributed by atoms with van der Waals surface area (Å²) >= 11 is 1.36. The molecule has 0 saturated carbocycles. The van der Waals surface area contributed by atoms with E-state index in [-0.39, 0.29) is 30.3 Å². The molecule has 1 aliphatic rings. The molecule has 8 nitrogen and oxygen atoms in total. The van der Waals surface area contributed by atoms with Gasteiger partial charge in [0.15, 0.2) is 6.29 Å². The number of aromatic nitrogens is 1. The Balaban J connectivity index is 1.35. The number of hydrogen-bond acceptors (Lipinski definition) is 7. The second kappa shape index (κ2) is 13.8. The van der Waals surface area contributed by atoms with Gasteiger partial charge >= 0.3 is 5.97 Å². The number of carboxylic acid groups (broad SMARTS) is 1. The minimum Gasteiger partial charge on any atom is -0.478 e. The van der Waals surface area contributed by atoms with Gasteiger partial charge in [0, 0.05) is 37.4 Å². The normalized spacial score (nSPS) is 18.4. The number of hydrogen-bond donors (Lipinski definition) is 3. The third-order valence-corrected chi connectivity index (χ3v) is 8.14. The molecule has 3 N–H and O–H groups in total. The predicted molar refractivity (Wildman–Crippen MR) is 160 cm³/mol.